The van der Waals surface area contributed by atoms with Crippen LogP contribution in [0.3, 0.4) is 0 Å². The van der Waals surface area contributed by atoms with E-state index >= 15 is 0 Å². The van der Waals surface area contributed by atoms with Gasteiger partial charge in [-0.2, -0.15) is 0 Å². The number of carbonyl (C=O) groups is 1. The van der Waals surface area contributed by atoms with Crippen molar-refractivity contribution in [1.82, 2.24) is 10.6 Å². The highest BCUT2D eigenvalue weighted by molar-refractivity contribution is 5.75. The van der Waals surface area contributed by atoms with E-state index in [0.29, 0.717) is 12.1 Å². The van der Waals surface area contributed by atoms with Crippen molar-refractivity contribution in [3.8, 4) is 5.75 Å². The summed E-state index contributed by atoms with van der Waals surface area (Å²) in [5.74, 6) is 0.400. The molecular weight excluding hydrogens is 283 g/mol. The third-order valence-electron chi connectivity index (χ3n) is 2.97. The van der Waals surface area contributed by atoms with Crippen LogP contribution in [0, 0.1) is 5.82 Å². The van der Waals surface area contributed by atoms with Gasteiger partial charge in [0, 0.05) is 18.3 Å². The van der Waals surface area contributed by atoms with E-state index in [2.05, 4.69) is 10.6 Å². The second kappa shape index (κ2) is 7.83. The van der Waals surface area contributed by atoms with Gasteiger partial charge in [0.2, 0.25) is 0 Å². The number of carbonyl (C=O) groups excluding carboxylic acids is 1. The van der Waals surface area contributed by atoms with Gasteiger partial charge in [0.25, 0.3) is 0 Å². The van der Waals surface area contributed by atoms with Gasteiger partial charge >= 0.3 is 6.03 Å². The molecule has 2 aromatic carbocycles. The van der Waals surface area contributed by atoms with E-state index in [4.69, 9.17) is 4.74 Å². The van der Waals surface area contributed by atoms with E-state index in [1.807, 2.05) is 24.3 Å². The van der Waals surface area contributed by atoms with Crippen LogP contribution in [0.2, 0.25) is 0 Å². The fraction of sp³-hybridized carbons (Fsp3) is 0.118. The van der Waals surface area contributed by atoms with E-state index in [9.17, 15) is 9.18 Å². The van der Waals surface area contributed by atoms with E-state index in [-0.39, 0.29) is 11.8 Å². The van der Waals surface area contributed by atoms with Crippen LogP contribution in [0.1, 0.15) is 11.1 Å². The number of methoxy groups -OCH3 is 1. The largest absolute Gasteiger partial charge is 0.497 e. The lowest BCUT2D eigenvalue weighted by Gasteiger charge is -2.06. The molecule has 5 heteroatoms. The fourth-order valence-corrected chi connectivity index (χ4v) is 1.83. The number of halogens is 1. The van der Waals surface area contributed by atoms with E-state index in [1.165, 1.54) is 18.3 Å². The summed E-state index contributed by atoms with van der Waals surface area (Å²) in [6.45, 7) is 0.372. The first kappa shape index (κ1) is 15.6. The summed E-state index contributed by atoms with van der Waals surface area (Å²) < 4.78 is 18.5. The van der Waals surface area contributed by atoms with Crippen LogP contribution in [0.4, 0.5) is 9.18 Å². The minimum atomic E-state index is -0.365. The normalized spacial score (nSPS) is 10.5. The summed E-state index contributed by atoms with van der Waals surface area (Å²) in [6, 6.07) is 13.4. The highest BCUT2D eigenvalue weighted by Gasteiger charge is 2.00. The molecule has 0 heterocycles. The van der Waals surface area contributed by atoms with Gasteiger partial charge < -0.3 is 15.4 Å². The SMILES string of the molecule is COc1cccc(CNC(=O)N/C=C/c2ccccc2F)c1. The van der Waals surface area contributed by atoms with Crippen molar-refractivity contribution in [3.63, 3.8) is 0 Å². The van der Waals surface area contributed by atoms with E-state index < -0.39 is 0 Å². The van der Waals surface area contributed by atoms with Crippen LogP contribution in [0.5, 0.6) is 5.75 Å². The second-order valence-corrected chi connectivity index (χ2v) is 4.53. The van der Waals surface area contributed by atoms with Crippen molar-refractivity contribution < 1.29 is 13.9 Å². The molecule has 2 aromatic rings. The third-order valence-corrected chi connectivity index (χ3v) is 2.97. The van der Waals surface area contributed by atoms with Crippen LogP contribution in [-0.2, 0) is 6.54 Å². The average molecular weight is 300 g/mol. The van der Waals surface area contributed by atoms with Crippen molar-refractivity contribution >= 4 is 12.1 Å². The van der Waals surface area contributed by atoms with Gasteiger partial charge in [0.1, 0.15) is 11.6 Å². The summed E-state index contributed by atoms with van der Waals surface area (Å²) in [4.78, 5) is 11.6. The molecule has 0 radical (unpaired) electrons. The zero-order valence-corrected chi connectivity index (χ0v) is 12.2. The highest BCUT2D eigenvalue weighted by atomic mass is 19.1. The second-order valence-electron chi connectivity index (χ2n) is 4.53. The molecule has 0 aliphatic heterocycles. The smallest absolute Gasteiger partial charge is 0.319 e. The maximum Gasteiger partial charge on any atom is 0.319 e. The van der Waals surface area contributed by atoms with Gasteiger partial charge in [-0.25, -0.2) is 9.18 Å². The number of benzene rings is 2. The van der Waals surface area contributed by atoms with Gasteiger partial charge in [-0.15, -0.1) is 0 Å². The standard InChI is InChI=1S/C17H17FN2O2/c1-22-15-7-4-5-13(11-15)12-20-17(21)19-10-9-14-6-2-3-8-16(14)18/h2-11H,12H2,1H3,(H2,19,20,21)/b10-9+. The number of hydrogen-bond acceptors (Lipinski definition) is 2. The third kappa shape index (κ3) is 4.63. The fourth-order valence-electron chi connectivity index (χ4n) is 1.83. The monoisotopic (exact) mass is 300 g/mol. The van der Waals surface area contributed by atoms with Gasteiger partial charge in [-0.05, 0) is 29.8 Å². The topological polar surface area (TPSA) is 50.4 Å². The molecule has 4 nitrogen and oxygen atoms in total. The average Bonchev–Trinajstić information content (AvgIpc) is 2.55. The number of hydrogen-bond donors (Lipinski definition) is 2. The minimum absolute atomic E-state index is 0.336. The van der Waals surface area contributed by atoms with Crippen LogP contribution in [-0.4, -0.2) is 13.1 Å². The minimum Gasteiger partial charge on any atom is -0.497 e. The van der Waals surface area contributed by atoms with Crippen LogP contribution < -0.4 is 15.4 Å². The molecular formula is C17H17FN2O2. The summed E-state index contributed by atoms with van der Waals surface area (Å²) in [6.07, 6.45) is 2.90. The Morgan fingerprint density at radius 2 is 2.05 bits per heavy atom. The predicted molar refractivity (Wildman–Crippen MR) is 83.8 cm³/mol. The molecule has 2 rings (SSSR count). The van der Waals surface area contributed by atoms with Crippen LogP contribution in [0.25, 0.3) is 6.08 Å². The number of urea groups is 1. The summed E-state index contributed by atoms with van der Waals surface area (Å²) in [5.41, 5.74) is 1.34. The Kier molecular flexibility index (Phi) is 5.54. The molecule has 0 atom stereocenters. The quantitative estimate of drug-likeness (QED) is 0.890. The Bertz CT molecular complexity index is 671. The zero-order chi connectivity index (χ0) is 15.8. The van der Waals surface area contributed by atoms with E-state index in [0.717, 1.165) is 11.3 Å². The molecule has 22 heavy (non-hydrogen) atoms. The Hall–Kier alpha value is -2.82. The maximum absolute atomic E-state index is 13.4. The molecule has 0 fully saturated rings. The number of ether oxygens (including phenoxy) is 1. The Morgan fingerprint density at radius 3 is 2.82 bits per heavy atom. The molecule has 114 valence electrons. The van der Waals surface area contributed by atoms with Gasteiger partial charge in [0.15, 0.2) is 0 Å². The molecule has 0 saturated heterocycles. The lowest BCUT2D eigenvalue weighted by molar-refractivity contribution is 0.244. The molecule has 0 aliphatic rings. The molecule has 0 aliphatic carbocycles. The van der Waals surface area contributed by atoms with Crippen molar-refractivity contribution in [3.05, 3.63) is 71.7 Å². The number of amides is 2. The molecule has 0 bridgehead atoms. The molecule has 0 saturated carbocycles. The molecule has 2 N–H and O–H groups in total. The first-order chi connectivity index (χ1) is 10.7. The first-order valence-electron chi connectivity index (χ1n) is 6.77. The molecule has 0 unspecified atom stereocenters. The summed E-state index contributed by atoms with van der Waals surface area (Å²) >= 11 is 0. The summed E-state index contributed by atoms with van der Waals surface area (Å²) in [7, 11) is 1.59. The lowest BCUT2D eigenvalue weighted by Crippen LogP contribution is -2.31. The maximum atomic E-state index is 13.4. The van der Waals surface area contributed by atoms with Crippen molar-refractivity contribution in [2.45, 2.75) is 6.54 Å². The molecule has 0 aromatic heterocycles. The number of nitrogens with one attached hydrogen (secondary N) is 2. The lowest BCUT2D eigenvalue weighted by atomic mass is 10.2. The Morgan fingerprint density at radius 1 is 1.23 bits per heavy atom. The molecule has 0 spiro atoms. The highest BCUT2D eigenvalue weighted by Crippen LogP contribution is 2.12. The number of rotatable bonds is 5. The van der Waals surface area contributed by atoms with Crippen molar-refractivity contribution in [2.75, 3.05) is 7.11 Å². The van der Waals surface area contributed by atoms with Crippen molar-refractivity contribution in [2.24, 2.45) is 0 Å². The van der Waals surface area contributed by atoms with E-state index in [1.54, 1.807) is 25.3 Å². The van der Waals surface area contributed by atoms with Crippen LogP contribution >= 0.6 is 0 Å². The van der Waals surface area contributed by atoms with Gasteiger partial charge in [0.05, 0.1) is 7.11 Å². The Balaban J connectivity index is 1.82. The van der Waals surface area contributed by atoms with Crippen molar-refractivity contribution in [1.29, 1.82) is 0 Å². The van der Waals surface area contributed by atoms with Gasteiger partial charge in [-0.1, -0.05) is 30.3 Å². The zero-order valence-electron chi connectivity index (χ0n) is 12.2. The van der Waals surface area contributed by atoms with Gasteiger partial charge in [-0.3, -0.25) is 0 Å². The first-order valence-corrected chi connectivity index (χ1v) is 6.77. The van der Waals surface area contributed by atoms with Crippen LogP contribution in [0.15, 0.2) is 54.7 Å². The molecule has 2 amide bonds. The summed E-state index contributed by atoms with van der Waals surface area (Å²) in [5, 5.41) is 5.23. The predicted octanol–water partition coefficient (Wildman–Crippen LogP) is 3.30. The Labute approximate surface area is 128 Å².